The van der Waals surface area contributed by atoms with Gasteiger partial charge < -0.3 is 0 Å². The Hall–Kier alpha value is -1.63. The van der Waals surface area contributed by atoms with E-state index < -0.39 is 0 Å². The van der Waals surface area contributed by atoms with Crippen LogP contribution in [0.5, 0.6) is 0 Å². The normalized spacial score (nSPS) is 12.3. The zero-order valence-electron chi connectivity index (χ0n) is 6.89. The van der Waals surface area contributed by atoms with Gasteiger partial charge in [0.1, 0.15) is 6.29 Å². The predicted octanol–water partition coefficient (Wildman–Crippen LogP) is 2.60. The van der Waals surface area contributed by atoms with Crippen molar-refractivity contribution in [3.63, 3.8) is 0 Å². The van der Waals surface area contributed by atoms with Gasteiger partial charge in [0.15, 0.2) is 0 Å². The molecular formula is C11H12O. The maximum Gasteiger partial charge on any atom is 0.142 e. The second-order valence-electron chi connectivity index (χ2n) is 1.91. The number of allylic oxidation sites excluding steroid dienone is 9. The molecule has 0 aromatic rings. The molecule has 0 amide bonds. The molecule has 0 spiro atoms. The van der Waals surface area contributed by atoms with Crippen LogP contribution in [0.15, 0.2) is 61.3 Å². The molecule has 0 aromatic carbocycles. The van der Waals surface area contributed by atoms with E-state index in [1.165, 1.54) is 6.08 Å². The third-order valence-corrected chi connectivity index (χ3v) is 0.992. The number of hydrogen-bond donors (Lipinski definition) is 0. The van der Waals surface area contributed by atoms with Gasteiger partial charge in [0.2, 0.25) is 0 Å². The standard InChI is InChI=1S/C11H12O/c1-2-3-4-5-6-7-8-9-10-11-12/h2-11H,1H2/b4-3+,6-5+,8-7+,10-9+. The predicted molar refractivity (Wildman–Crippen MR) is 52.8 cm³/mol. The number of aldehydes is 1. The summed E-state index contributed by atoms with van der Waals surface area (Å²) >= 11 is 0. The first-order valence-electron chi connectivity index (χ1n) is 3.64. The fraction of sp³-hybridized carbons (Fsp3) is 0. The van der Waals surface area contributed by atoms with Crippen molar-refractivity contribution < 1.29 is 4.79 Å². The molecule has 0 heterocycles. The summed E-state index contributed by atoms with van der Waals surface area (Å²) in [5.74, 6) is 0. The second-order valence-corrected chi connectivity index (χ2v) is 1.91. The highest BCUT2D eigenvalue weighted by Gasteiger charge is 1.61. The van der Waals surface area contributed by atoms with Gasteiger partial charge in [-0.25, -0.2) is 0 Å². The Bertz CT molecular complexity index is 203. The number of hydrogen-bond acceptors (Lipinski definition) is 1. The highest BCUT2D eigenvalue weighted by atomic mass is 16.1. The molecule has 1 heteroatoms. The molecule has 0 aromatic heterocycles. The fourth-order valence-corrected chi connectivity index (χ4v) is 0.509. The molecule has 0 saturated heterocycles. The molecule has 1 nitrogen and oxygen atoms in total. The third-order valence-electron chi connectivity index (χ3n) is 0.992. The molecular weight excluding hydrogens is 148 g/mol. The zero-order chi connectivity index (χ0) is 9.07. The average Bonchev–Trinajstić information content (AvgIpc) is 2.10. The van der Waals surface area contributed by atoms with E-state index in [0.29, 0.717) is 0 Å². The van der Waals surface area contributed by atoms with E-state index >= 15 is 0 Å². The van der Waals surface area contributed by atoms with Crippen LogP contribution in [-0.2, 0) is 4.79 Å². The summed E-state index contributed by atoms with van der Waals surface area (Å²) in [6, 6.07) is 0. The van der Waals surface area contributed by atoms with Crippen molar-refractivity contribution in [1.82, 2.24) is 0 Å². The van der Waals surface area contributed by atoms with Gasteiger partial charge in [-0.3, -0.25) is 4.79 Å². The Kier molecular flexibility index (Phi) is 8.10. The molecule has 0 saturated carbocycles. The molecule has 0 aliphatic rings. The maximum atomic E-state index is 9.82. The van der Waals surface area contributed by atoms with Gasteiger partial charge in [-0.1, -0.05) is 55.2 Å². The molecule has 62 valence electrons. The fourth-order valence-electron chi connectivity index (χ4n) is 0.509. The molecule has 0 atom stereocenters. The van der Waals surface area contributed by atoms with Crippen molar-refractivity contribution in [2.24, 2.45) is 0 Å². The average molecular weight is 160 g/mol. The molecule has 0 N–H and O–H groups in total. The van der Waals surface area contributed by atoms with Gasteiger partial charge in [0, 0.05) is 0 Å². The van der Waals surface area contributed by atoms with Gasteiger partial charge in [-0.2, -0.15) is 0 Å². The lowest BCUT2D eigenvalue weighted by atomic mass is 10.4. The Morgan fingerprint density at radius 2 is 1.08 bits per heavy atom. The van der Waals surface area contributed by atoms with Gasteiger partial charge in [-0.15, -0.1) is 0 Å². The van der Waals surface area contributed by atoms with Gasteiger partial charge in [0.25, 0.3) is 0 Å². The first-order chi connectivity index (χ1) is 5.91. The van der Waals surface area contributed by atoms with Gasteiger partial charge in [-0.05, 0) is 6.08 Å². The maximum absolute atomic E-state index is 9.82. The Balaban J connectivity index is 3.65. The largest absolute Gasteiger partial charge is 0.299 e. The second kappa shape index (κ2) is 9.37. The minimum atomic E-state index is 0.742. The molecule has 0 aliphatic carbocycles. The highest BCUT2D eigenvalue weighted by Crippen LogP contribution is 1.81. The minimum absolute atomic E-state index is 0.742. The van der Waals surface area contributed by atoms with E-state index in [1.807, 2.05) is 30.4 Å². The Labute approximate surface area is 73.1 Å². The number of rotatable bonds is 5. The van der Waals surface area contributed by atoms with Crippen molar-refractivity contribution in [3.05, 3.63) is 61.3 Å². The lowest BCUT2D eigenvalue weighted by Crippen LogP contribution is -1.55. The van der Waals surface area contributed by atoms with E-state index in [0.717, 1.165) is 6.29 Å². The van der Waals surface area contributed by atoms with Crippen LogP contribution in [0.1, 0.15) is 0 Å². The Morgan fingerprint density at radius 3 is 1.50 bits per heavy atom. The topological polar surface area (TPSA) is 17.1 Å². The van der Waals surface area contributed by atoms with Crippen molar-refractivity contribution >= 4 is 6.29 Å². The molecule has 0 bridgehead atoms. The van der Waals surface area contributed by atoms with Crippen LogP contribution in [0.4, 0.5) is 0 Å². The van der Waals surface area contributed by atoms with E-state index in [4.69, 9.17) is 0 Å². The van der Waals surface area contributed by atoms with Crippen LogP contribution in [0.2, 0.25) is 0 Å². The number of carbonyl (C=O) groups excluding carboxylic acids is 1. The molecule has 0 aliphatic heterocycles. The van der Waals surface area contributed by atoms with E-state index in [2.05, 4.69) is 6.58 Å². The smallest absolute Gasteiger partial charge is 0.142 e. The summed E-state index contributed by atoms with van der Waals surface area (Å²) in [7, 11) is 0. The quantitative estimate of drug-likeness (QED) is 0.343. The summed E-state index contributed by atoms with van der Waals surface area (Å²) in [6.45, 7) is 3.53. The van der Waals surface area contributed by atoms with Crippen LogP contribution >= 0.6 is 0 Å². The van der Waals surface area contributed by atoms with E-state index in [9.17, 15) is 4.79 Å². The van der Waals surface area contributed by atoms with Gasteiger partial charge >= 0.3 is 0 Å². The molecule has 0 rings (SSSR count). The molecule has 0 unspecified atom stereocenters. The summed E-state index contributed by atoms with van der Waals surface area (Å²) < 4.78 is 0. The van der Waals surface area contributed by atoms with E-state index in [-0.39, 0.29) is 0 Å². The lowest BCUT2D eigenvalue weighted by Gasteiger charge is -1.71. The summed E-state index contributed by atoms with van der Waals surface area (Å²) in [5.41, 5.74) is 0. The van der Waals surface area contributed by atoms with Crippen molar-refractivity contribution in [3.8, 4) is 0 Å². The van der Waals surface area contributed by atoms with Crippen LogP contribution in [-0.4, -0.2) is 6.29 Å². The zero-order valence-corrected chi connectivity index (χ0v) is 6.89. The highest BCUT2D eigenvalue weighted by molar-refractivity contribution is 5.65. The van der Waals surface area contributed by atoms with Crippen LogP contribution in [0, 0.1) is 0 Å². The summed E-state index contributed by atoms with van der Waals surface area (Å²) in [6.07, 6.45) is 16.7. The van der Waals surface area contributed by atoms with E-state index in [1.54, 1.807) is 18.2 Å². The lowest BCUT2D eigenvalue weighted by molar-refractivity contribution is -0.104. The third kappa shape index (κ3) is 8.37. The van der Waals surface area contributed by atoms with Crippen molar-refractivity contribution in [2.45, 2.75) is 0 Å². The first kappa shape index (κ1) is 10.4. The number of carbonyl (C=O) groups is 1. The van der Waals surface area contributed by atoms with Crippen molar-refractivity contribution in [1.29, 1.82) is 0 Å². The summed E-state index contributed by atoms with van der Waals surface area (Å²) in [4.78, 5) is 9.82. The Morgan fingerprint density at radius 1 is 0.667 bits per heavy atom. The van der Waals surface area contributed by atoms with Crippen LogP contribution < -0.4 is 0 Å². The molecule has 12 heavy (non-hydrogen) atoms. The first-order valence-corrected chi connectivity index (χ1v) is 3.64. The minimum Gasteiger partial charge on any atom is -0.299 e. The monoisotopic (exact) mass is 160 g/mol. The SMILES string of the molecule is C=C/C=C/C=C/C=C/C=C/C=O. The van der Waals surface area contributed by atoms with Gasteiger partial charge in [0.05, 0.1) is 0 Å². The van der Waals surface area contributed by atoms with Crippen LogP contribution in [0.3, 0.4) is 0 Å². The molecule has 0 radical (unpaired) electrons. The van der Waals surface area contributed by atoms with Crippen LogP contribution in [0.25, 0.3) is 0 Å². The summed E-state index contributed by atoms with van der Waals surface area (Å²) in [5, 5.41) is 0. The molecule has 0 fully saturated rings. The van der Waals surface area contributed by atoms with Crippen molar-refractivity contribution in [2.75, 3.05) is 0 Å².